The minimum absolute atomic E-state index is 0.467. The molecule has 20 heavy (non-hydrogen) atoms. The number of carbonyl (C=O) groups is 2. The van der Waals surface area contributed by atoms with E-state index in [9.17, 15) is 18.4 Å². The van der Waals surface area contributed by atoms with Crippen molar-refractivity contribution in [1.82, 2.24) is 4.90 Å². The van der Waals surface area contributed by atoms with Gasteiger partial charge in [0.25, 0.3) is 5.92 Å². The number of alkyl halides is 2. The summed E-state index contributed by atoms with van der Waals surface area (Å²) < 4.78 is 31.9. The first-order valence-electron chi connectivity index (χ1n) is 6.77. The number of halogens is 2. The third-order valence-electron chi connectivity index (χ3n) is 2.96. The molecular weight excluding hydrogens is 268 g/mol. The van der Waals surface area contributed by atoms with Gasteiger partial charge in [-0.25, -0.2) is 13.6 Å². The molecule has 6 heteroatoms. The highest BCUT2D eigenvalue weighted by Gasteiger charge is 2.57. The number of hydrogen-bond donors (Lipinski definition) is 0. The van der Waals surface area contributed by atoms with Crippen molar-refractivity contribution < 1.29 is 23.1 Å². The highest BCUT2D eigenvalue weighted by molar-refractivity contribution is 5.90. The lowest BCUT2D eigenvalue weighted by Crippen LogP contribution is -2.51. The van der Waals surface area contributed by atoms with Crippen LogP contribution in [0.3, 0.4) is 0 Å². The van der Waals surface area contributed by atoms with Crippen LogP contribution in [-0.2, 0) is 9.53 Å². The zero-order valence-electron chi connectivity index (χ0n) is 13.3. The number of carbonyl (C=O) groups excluding carboxylic acids is 2. The fourth-order valence-electron chi connectivity index (χ4n) is 1.96. The topological polar surface area (TPSA) is 46.6 Å². The molecule has 1 unspecified atom stereocenters. The smallest absolute Gasteiger partial charge is 0.411 e. The molecule has 0 aromatic rings. The van der Waals surface area contributed by atoms with Gasteiger partial charge in [0.2, 0.25) is 0 Å². The summed E-state index contributed by atoms with van der Waals surface area (Å²) in [6.07, 6.45) is -1.54. The number of ketones is 1. The van der Waals surface area contributed by atoms with Crippen molar-refractivity contribution in [3.8, 4) is 0 Å². The molecule has 0 N–H and O–H groups in total. The van der Waals surface area contributed by atoms with Crippen LogP contribution in [0.5, 0.6) is 0 Å². The van der Waals surface area contributed by atoms with Gasteiger partial charge in [0.15, 0.2) is 5.78 Å². The second kappa shape index (κ2) is 6.06. The summed E-state index contributed by atoms with van der Waals surface area (Å²) in [4.78, 5) is 24.3. The molecule has 0 radical (unpaired) electrons. The van der Waals surface area contributed by atoms with Gasteiger partial charge in [-0.1, -0.05) is 13.8 Å². The van der Waals surface area contributed by atoms with Crippen LogP contribution in [0.1, 0.15) is 54.9 Å². The number of hydrogen-bond acceptors (Lipinski definition) is 3. The third kappa shape index (κ3) is 4.42. The Balaban J connectivity index is 0.00000172. The molecule has 0 spiro atoms. The van der Waals surface area contributed by atoms with E-state index in [1.807, 2.05) is 13.8 Å². The molecule has 4 nitrogen and oxygen atoms in total. The summed E-state index contributed by atoms with van der Waals surface area (Å²) in [5, 5.41) is 0. The van der Waals surface area contributed by atoms with Crippen molar-refractivity contribution in [1.29, 1.82) is 0 Å². The largest absolute Gasteiger partial charge is 0.444 e. The summed E-state index contributed by atoms with van der Waals surface area (Å²) >= 11 is 0. The van der Waals surface area contributed by atoms with Crippen molar-refractivity contribution in [2.45, 2.75) is 71.9 Å². The lowest BCUT2D eigenvalue weighted by atomic mass is 9.93. The molecule has 1 amide bonds. The Bertz CT molecular complexity index is 377. The summed E-state index contributed by atoms with van der Waals surface area (Å²) in [6, 6.07) is 0. The number of nitrogens with zero attached hydrogens (tertiary/aromatic N) is 1. The average molecular weight is 293 g/mol. The van der Waals surface area contributed by atoms with Crippen LogP contribution in [-0.4, -0.2) is 40.4 Å². The first kappa shape index (κ1) is 18.8. The Labute approximate surface area is 119 Å². The number of ether oxygens (including phenoxy) is 1. The van der Waals surface area contributed by atoms with Crippen LogP contribution in [0.4, 0.5) is 13.6 Å². The summed E-state index contributed by atoms with van der Waals surface area (Å²) in [5.41, 5.74) is -2.28. The molecule has 0 aromatic heterocycles. The molecular formula is C14H25F2NO3. The maximum atomic E-state index is 13.4. The van der Waals surface area contributed by atoms with Gasteiger partial charge in [-0.2, -0.15) is 0 Å². The van der Waals surface area contributed by atoms with Crippen molar-refractivity contribution in [3.05, 3.63) is 0 Å². The molecule has 1 heterocycles. The molecule has 1 aliphatic heterocycles. The minimum Gasteiger partial charge on any atom is -0.444 e. The monoisotopic (exact) mass is 293 g/mol. The average Bonchev–Trinajstić information content (AvgIpc) is 2.51. The zero-order chi connectivity index (χ0) is 16.4. The van der Waals surface area contributed by atoms with E-state index in [-0.39, 0.29) is 0 Å². The van der Waals surface area contributed by atoms with Crippen LogP contribution in [0.25, 0.3) is 0 Å². The Kier molecular flexibility index (Phi) is 5.69. The third-order valence-corrected chi connectivity index (χ3v) is 2.96. The van der Waals surface area contributed by atoms with Crippen LogP contribution in [0.2, 0.25) is 0 Å². The Morgan fingerprint density at radius 3 is 2.00 bits per heavy atom. The maximum absolute atomic E-state index is 13.4. The highest BCUT2D eigenvalue weighted by atomic mass is 19.3. The number of Topliss-reactive ketones (excluding diaryl/α,β-unsaturated/α-hetero) is 1. The predicted octanol–water partition coefficient (Wildman–Crippen LogP) is 3.64. The molecule has 1 atom stereocenters. The first-order valence-corrected chi connectivity index (χ1v) is 6.77. The van der Waals surface area contributed by atoms with Crippen molar-refractivity contribution in [2.24, 2.45) is 0 Å². The Morgan fingerprint density at radius 1 is 1.20 bits per heavy atom. The minimum atomic E-state index is -3.06. The summed E-state index contributed by atoms with van der Waals surface area (Å²) in [6.45, 7) is 10.7. The fraction of sp³-hybridized carbons (Fsp3) is 0.857. The quantitative estimate of drug-likeness (QED) is 0.741. The van der Waals surface area contributed by atoms with Crippen LogP contribution < -0.4 is 0 Å². The van der Waals surface area contributed by atoms with Crippen LogP contribution in [0.15, 0.2) is 0 Å². The van der Waals surface area contributed by atoms with E-state index in [0.717, 1.165) is 4.90 Å². The van der Waals surface area contributed by atoms with Gasteiger partial charge in [0.1, 0.15) is 11.1 Å². The number of rotatable bonds is 1. The van der Waals surface area contributed by atoms with Gasteiger partial charge in [-0.05, 0) is 34.6 Å². The van der Waals surface area contributed by atoms with Crippen LogP contribution >= 0.6 is 0 Å². The molecule has 1 rings (SSSR count). The normalized spacial score (nSPS) is 24.8. The number of amides is 1. The van der Waals surface area contributed by atoms with E-state index in [1.54, 1.807) is 20.8 Å². The lowest BCUT2D eigenvalue weighted by Gasteiger charge is -2.33. The standard InChI is InChI=1S/C12H19F2NO3.C2H6/c1-8(16)11(5)6-12(13,14)7-15(11)9(17)18-10(2,3)4;1-2/h6-7H2,1-5H3;1-2H3. The van der Waals surface area contributed by atoms with Crippen molar-refractivity contribution in [2.75, 3.05) is 6.54 Å². The van der Waals surface area contributed by atoms with E-state index in [4.69, 9.17) is 4.74 Å². The van der Waals surface area contributed by atoms with Crippen molar-refractivity contribution in [3.63, 3.8) is 0 Å². The Hall–Kier alpha value is -1.20. The molecule has 1 fully saturated rings. The predicted molar refractivity (Wildman–Crippen MR) is 72.9 cm³/mol. The van der Waals surface area contributed by atoms with E-state index in [0.29, 0.717) is 0 Å². The molecule has 118 valence electrons. The SMILES string of the molecule is CC.CC(=O)C1(C)CC(F)(F)CN1C(=O)OC(C)(C)C. The second-order valence-corrected chi connectivity index (χ2v) is 5.93. The van der Waals surface area contributed by atoms with E-state index in [1.165, 1.54) is 13.8 Å². The maximum Gasteiger partial charge on any atom is 0.411 e. The van der Waals surface area contributed by atoms with Gasteiger partial charge in [0, 0.05) is 6.42 Å². The van der Waals surface area contributed by atoms with Gasteiger partial charge in [0.05, 0.1) is 6.54 Å². The molecule has 0 bridgehead atoms. The fourth-order valence-corrected chi connectivity index (χ4v) is 1.96. The van der Waals surface area contributed by atoms with E-state index < -0.39 is 41.9 Å². The molecule has 1 aliphatic rings. The van der Waals surface area contributed by atoms with Gasteiger partial charge >= 0.3 is 6.09 Å². The molecule has 0 aromatic carbocycles. The zero-order valence-corrected chi connectivity index (χ0v) is 13.3. The summed E-state index contributed by atoms with van der Waals surface area (Å²) in [7, 11) is 0. The molecule has 1 saturated heterocycles. The van der Waals surface area contributed by atoms with E-state index >= 15 is 0 Å². The second-order valence-electron chi connectivity index (χ2n) is 5.93. The van der Waals surface area contributed by atoms with Gasteiger partial charge in [-0.15, -0.1) is 0 Å². The summed E-state index contributed by atoms with van der Waals surface area (Å²) in [5.74, 6) is -3.53. The van der Waals surface area contributed by atoms with Crippen molar-refractivity contribution >= 4 is 11.9 Å². The highest BCUT2D eigenvalue weighted by Crippen LogP contribution is 2.40. The Morgan fingerprint density at radius 2 is 1.65 bits per heavy atom. The molecule has 0 aliphatic carbocycles. The number of likely N-dealkylation sites (tertiary alicyclic amines) is 1. The van der Waals surface area contributed by atoms with E-state index in [2.05, 4.69) is 0 Å². The van der Waals surface area contributed by atoms with Gasteiger partial charge in [-0.3, -0.25) is 9.69 Å². The van der Waals surface area contributed by atoms with Gasteiger partial charge < -0.3 is 4.74 Å². The first-order chi connectivity index (χ1) is 8.87. The van der Waals surface area contributed by atoms with Crippen LogP contribution in [0, 0.1) is 0 Å². The lowest BCUT2D eigenvalue weighted by molar-refractivity contribution is -0.126. The molecule has 0 saturated carbocycles.